The Balaban J connectivity index is 2.28. The van der Waals surface area contributed by atoms with Gasteiger partial charge in [-0.1, -0.05) is 0 Å². The van der Waals surface area contributed by atoms with E-state index in [2.05, 4.69) is 15.9 Å². The van der Waals surface area contributed by atoms with Gasteiger partial charge in [-0.2, -0.15) is 0 Å². The second-order valence-electron chi connectivity index (χ2n) is 4.01. The predicted molar refractivity (Wildman–Crippen MR) is 77.0 cm³/mol. The smallest absolute Gasteiger partial charge is 0.262 e. The van der Waals surface area contributed by atoms with Crippen molar-refractivity contribution in [2.24, 2.45) is 5.14 Å². The molecule has 20 heavy (non-hydrogen) atoms. The fourth-order valence-electron chi connectivity index (χ4n) is 1.60. The third kappa shape index (κ3) is 2.92. The molecule has 1 aromatic carbocycles. The highest BCUT2D eigenvalue weighted by molar-refractivity contribution is 9.10. The van der Waals surface area contributed by atoms with Gasteiger partial charge in [0.2, 0.25) is 10.0 Å². The zero-order chi connectivity index (χ0) is 14.9. The molecule has 2 aromatic rings. The van der Waals surface area contributed by atoms with E-state index in [9.17, 15) is 13.2 Å². The van der Waals surface area contributed by atoms with Gasteiger partial charge in [0.1, 0.15) is 0 Å². The second-order valence-corrected chi connectivity index (χ2v) is 6.29. The molecule has 0 atom stereocenters. The van der Waals surface area contributed by atoms with E-state index in [1.165, 1.54) is 35.4 Å². The molecular formula is C12H11BrN2O4S. The molecule has 1 amide bonds. The number of rotatable bonds is 3. The average molecular weight is 359 g/mol. The minimum atomic E-state index is -3.74. The van der Waals surface area contributed by atoms with Gasteiger partial charge in [0.05, 0.1) is 16.7 Å². The van der Waals surface area contributed by atoms with E-state index in [0.29, 0.717) is 15.9 Å². The molecule has 0 bridgehead atoms. The number of carbonyl (C=O) groups is 1. The molecule has 0 spiro atoms. The highest BCUT2D eigenvalue weighted by Crippen LogP contribution is 2.23. The van der Waals surface area contributed by atoms with E-state index in [-0.39, 0.29) is 10.8 Å². The fourth-order valence-corrected chi connectivity index (χ4v) is 2.53. The number of carbonyl (C=O) groups excluding carboxylic acids is 1. The van der Waals surface area contributed by atoms with E-state index in [1.54, 1.807) is 13.1 Å². The normalized spacial score (nSPS) is 11.3. The third-order valence-corrected chi connectivity index (χ3v) is 4.25. The molecule has 8 heteroatoms. The van der Waals surface area contributed by atoms with Crippen molar-refractivity contribution >= 4 is 37.5 Å². The summed E-state index contributed by atoms with van der Waals surface area (Å²) in [5.41, 5.74) is 0.915. The molecule has 0 aliphatic rings. The second kappa shape index (κ2) is 5.39. The van der Waals surface area contributed by atoms with Crippen molar-refractivity contribution < 1.29 is 17.6 Å². The number of hydrogen-bond acceptors (Lipinski definition) is 4. The predicted octanol–water partition coefficient (Wildman–Crippen LogP) is 1.97. The van der Waals surface area contributed by atoms with Gasteiger partial charge < -0.3 is 9.32 Å². The summed E-state index contributed by atoms with van der Waals surface area (Å²) >= 11 is 3.14. The first-order valence-corrected chi connectivity index (χ1v) is 7.78. The van der Waals surface area contributed by atoms with Crippen molar-refractivity contribution in [3.8, 4) is 0 Å². The van der Waals surface area contributed by atoms with Crippen molar-refractivity contribution in [3.05, 3.63) is 46.8 Å². The Morgan fingerprint density at radius 3 is 2.30 bits per heavy atom. The molecule has 106 valence electrons. The van der Waals surface area contributed by atoms with Crippen LogP contribution in [-0.4, -0.2) is 21.4 Å². The number of sulfonamides is 1. The lowest BCUT2D eigenvalue weighted by molar-refractivity contribution is 0.0991. The van der Waals surface area contributed by atoms with Crippen LogP contribution in [0.4, 0.5) is 5.69 Å². The van der Waals surface area contributed by atoms with Crippen molar-refractivity contribution in [1.82, 2.24) is 0 Å². The van der Waals surface area contributed by atoms with Crippen molar-refractivity contribution in [1.29, 1.82) is 0 Å². The van der Waals surface area contributed by atoms with Crippen LogP contribution in [0.15, 0.2) is 50.6 Å². The van der Waals surface area contributed by atoms with Crippen LogP contribution in [0.1, 0.15) is 10.4 Å². The summed E-state index contributed by atoms with van der Waals surface area (Å²) in [6.07, 6.45) is 1.40. The summed E-state index contributed by atoms with van der Waals surface area (Å²) in [5, 5.41) is 5.01. The number of benzene rings is 1. The van der Waals surface area contributed by atoms with Crippen LogP contribution in [0, 0.1) is 0 Å². The Labute approximate surface area is 124 Å². The van der Waals surface area contributed by atoms with Gasteiger partial charge in [-0.25, -0.2) is 13.6 Å². The van der Waals surface area contributed by atoms with Crippen LogP contribution >= 0.6 is 15.9 Å². The molecule has 0 saturated heterocycles. The van der Waals surface area contributed by atoms with Crippen LogP contribution in [0.2, 0.25) is 0 Å². The maximum absolute atomic E-state index is 12.2. The lowest BCUT2D eigenvalue weighted by Gasteiger charge is -2.16. The Bertz CT molecular complexity index is 737. The molecule has 2 rings (SSSR count). The van der Waals surface area contributed by atoms with Crippen LogP contribution in [0.3, 0.4) is 0 Å². The van der Waals surface area contributed by atoms with E-state index >= 15 is 0 Å². The summed E-state index contributed by atoms with van der Waals surface area (Å²) in [7, 11) is -2.16. The zero-order valence-corrected chi connectivity index (χ0v) is 12.8. The Kier molecular flexibility index (Phi) is 3.98. The standard InChI is InChI=1S/C12H11BrN2O4S/c1-15(12(16)10-6-7-19-11(10)13)8-2-4-9(5-3-8)20(14,17)18/h2-7H,1H3,(H2,14,17,18). The number of amides is 1. The highest BCUT2D eigenvalue weighted by atomic mass is 79.9. The number of halogens is 1. The number of nitrogens with zero attached hydrogens (tertiary/aromatic N) is 1. The third-order valence-electron chi connectivity index (χ3n) is 2.71. The first-order valence-electron chi connectivity index (χ1n) is 5.44. The maximum Gasteiger partial charge on any atom is 0.262 e. The van der Waals surface area contributed by atoms with Crippen molar-refractivity contribution in [3.63, 3.8) is 0 Å². The Hall–Kier alpha value is -1.64. The minimum absolute atomic E-state index is 0.00779. The van der Waals surface area contributed by atoms with Crippen molar-refractivity contribution in [2.75, 3.05) is 11.9 Å². The van der Waals surface area contributed by atoms with Crippen LogP contribution in [0.25, 0.3) is 0 Å². The lowest BCUT2D eigenvalue weighted by Crippen LogP contribution is -2.26. The molecule has 2 N–H and O–H groups in total. The molecule has 0 aliphatic carbocycles. The summed E-state index contributed by atoms with van der Waals surface area (Å²) in [6.45, 7) is 0. The topological polar surface area (TPSA) is 93.6 Å². The minimum Gasteiger partial charge on any atom is -0.457 e. The molecule has 0 saturated carbocycles. The van der Waals surface area contributed by atoms with Gasteiger partial charge in [0.15, 0.2) is 4.67 Å². The average Bonchev–Trinajstić information content (AvgIpc) is 2.82. The Morgan fingerprint density at radius 2 is 1.85 bits per heavy atom. The SMILES string of the molecule is CN(C(=O)c1ccoc1Br)c1ccc(S(N)(=O)=O)cc1. The molecule has 0 fully saturated rings. The number of nitrogens with two attached hydrogens (primary N) is 1. The zero-order valence-electron chi connectivity index (χ0n) is 10.4. The van der Waals surface area contributed by atoms with Gasteiger partial charge in [-0.05, 0) is 46.3 Å². The maximum atomic E-state index is 12.2. The van der Waals surface area contributed by atoms with Crippen LogP contribution < -0.4 is 10.0 Å². The largest absolute Gasteiger partial charge is 0.457 e. The van der Waals surface area contributed by atoms with Gasteiger partial charge >= 0.3 is 0 Å². The van der Waals surface area contributed by atoms with E-state index in [0.717, 1.165) is 0 Å². The first-order chi connectivity index (χ1) is 9.30. The van der Waals surface area contributed by atoms with Gasteiger partial charge in [0, 0.05) is 12.7 Å². The molecule has 1 aromatic heterocycles. The van der Waals surface area contributed by atoms with E-state index in [1.807, 2.05) is 0 Å². The number of primary sulfonamides is 1. The highest BCUT2D eigenvalue weighted by Gasteiger charge is 2.18. The van der Waals surface area contributed by atoms with Gasteiger partial charge in [0.25, 0.3) is 5.91 Å². The summed E-state index contributed by atoms with van der Waals surface area (Å²) in [6, 6.07) is 7.25. The van der Waals surface area contributed by atoms with Crippen LogP contribution in [-0.2, 0) is 10.0 Å². The number of anilines is 1. The monoisotopic (exact) mass is 358 g/mol. The molecule has 0 unspecified atom stereocenters. The van der Waals surface area contributed by atoms with E-state index < -0.39 is 10.0 Å². The summed E-state index contributed by atoms with van der Waals surface area (Å²) in [5.74, 6) is -0.283. The summed E-state index contributed by atoms with van der Waals surface area (Å²) in [4.78, 5) is 13.6. The quantitative estimate of drug-likeness (QED) is 0.907. The molecule has 0 radical (unpaired) electrons. The van der Waals surface area contributed by atoms with E-state index in [4.69, 9.17) is 9.56 Å². The molecule has 1 heterocycles. The van der Waals surface area contributed by atoms with Crippen molar-refractivity contribution in [2.45, 2.75) is 4.90 Å². The van der Waals surface area contributed by atoms with Crippen LogP contribution in [0.5, 0.6) is 0 Å². The summed E-state index contributed by atoms with van der Waals surface area (Å²) < 4.78 is 27.7. The number of furan rings is 1. The number of hydrogen-bond donors (Lipinski definition) is 1. The molecular weight excluding hydrogens is 348 g/mol. The van der Waals surface area contributed by atoms with Gasteiger partial charge in [-0.15, -0.1) is 0 Å². The molecule has 6 nitrogen and oxygen atoms in total. The Morgan fingerprint density at radius 1 is 1.25 bits per heavy atom. The first kappa shape index (κ1) is 14.8. The lowest BCUT2D eigenvalue weighted by atomic mass is 10.2. The molecule has 0 aliphatic heterocycles. The fraction of sp³-hybridized carbons (Fsp3) is 0.0833. The van der Waals surface area contributed by atoms with Gasteiger partial charge in [-0.3, -0.25) is 4.79 Å².